The summed E-state index contributed by atoms with van der Waals surface area (Å²) in [5.74, 6) is 1.61. The Morgan fingerprint density at radius 2 is 2.31 bits per heavy atom. The minimum Gasteiger partial charge on any atom is -0.472 e. The highest BCUT2D eigenvalue weighted by Gasteiger charge is 2.28. The lowest BCUT2D eigenvalue weighted by Gasteiger charge is -2.01. The van der Waals surface area contributed by atoms with Crippen LogP contribution < -0.4 is 5.73 Å². The van der Waals surface area contributed by atoms with Gasteiger partial charge in [0.15, 0.2) is 0 Å². The molecule has 0 bridgehead atoms. The molecule has 84 valence electrons. The number of hydrogen-bond donors (Lipinski definition) is 1. The summed E-state index contributed by atoms with van der Waals surface area (Å²) in [5, 5.41) is 3.94. The van der Waals surface area contributed by atoms with Crippen molar-refractivity contribution in [2.24, 2.45) is 5.73 Å². The molecule has 16 heavy (non-hydrogen) atoms. The second kappa shape index (κ2) is 3.75. The summed E-state index contributed by atoms with van der Waals surface area (Å²) in [6, 6.07) is 2.09. The number of nitrogens with zero attached hydrogens (tertiary/aromatic N) is 2. The molecule has 0 radical (unpaired) electrons. The molecule has 5 heteroatoms. The lowest BCUT2D eigenvalue weighted by atomic mass is 10.1. The molecule has 0 aliphatic heterocycles. The maximum atomic E-state index is 5.86. The zero-order valence-corrected chi connectivity index (χ0v) is 8.80. The van der Waals surface area contributed by atoms with Crippen molar-refractivity contribution >= 4 is 0 Å². The molecule has 1 aliphatic carbocycles. The van der Waals surface area contributed by atoms with Gasteiger partial charge < -0.3 is 14.7 Å². The normalized spacial score (nSPS) is 25.1. The molecule has 2 unspecified atom stereocenters. The highest BCUT2D eigenvalue weighted by Crippen LogP contribution is 2.33. The SMILES string of the molecule is NC1CCC(c2nc(-c3ccoc3)no2)C1. The third-order valence-electron chi connectivity index (χ3n) is 3.04. The first-order valence-electron chi connectivity index (χ1n) is 5.44. The van der Waals surface area contributed by atoms with Crippen molar-refractivity contribution in [3.05, 3.63) is 24.5 Å². The van der Waals surface area contributed by atoms with E-state index in [-0.39, 0.29) is 6.04 Å². The molecule has 2 heterocycles. The van der Waals surface area contributed by atoms with Gasteiger partial charge in [-0.2, -0.15) is 4.98 Å². The minimum atomic E-state index is 0.272. The first kappa shape index (κ1) is 9.59. The van der Waals surface area contributed by atoms with E-state index in [1.165, 1.54) is 0 Å². The van der Waals surface area contributed by atoms with E-state index in [2.05, 4.69) is 10.1 Å². The van der Waals surface area contributed by atoms with Crippen LogP contribution in [-0.2, 0) is 0 Å². The van der Waals surface area contributed by atoms with Crippen molar-refractivity contribution in [1.82, 2.24) is 10.1 Å². The van der Waals surface area contributed by atoms with Gasteiger partial charge in [0.1, 0.15) is 6.26 Å². The zero-order valence-electron chi connectivity index (χ0n) is 8.80. The number of aromatic nitrogens is 2. The molecule has 1 saturated carbocycles. The Bertz CT molecular complexity index is 463. The van der Waals surface area contributed by atoms with Crippen molar-refractivity contribution in [2.45, 2.75) is 31.2 Å². The third kappa shape index (κ3) is 1.63. The second-order valence-electron chi connectivity index (χ2n) is 4.24. The topological polar surface area (TPSA) is 78.1 Å². The average molecular weight is 219 g/mol. The number of hydrogen-bond acceptors (Lipinski definition) is 5. The molecule has 2 aromatic heterocycles. The Balaban J connectivity index is 1.83. The summed E-state index contributed by atoms with van der Waals surface area (Å²) in [7, 11) is 0. The summed E-state index contributed by atoms with van der Waals surface area (Å²) in [5.41, 5.74) is 6.70. The van der Waals surface area contributed by atoms with Crippen LogP contribution in [0.15, 0.2) is 27.5 Å². The third-order valence-corrected chi connectivity index (χ3v) is 3.04. The maximum Gasteiger partial charge on any atom is 0.230 e. The largest absolute Gasteiger partial charge is 0.472 e. The zero-order chi connectivity index (χ0) is 11.0. The van der Waals surface area contributed by atoms with Crippen LogP contribution in [0, 0.1) is 0 Å². The lowest BCUT2D eigenvalue weighted by molar-refractivity contribution is 0.353. The van der Waals surface area contributed by atoms with E-state index in [1.807, 2.05) is 6.07 Å². The Morgan fingerprint density at radius 3 is 3.00 bits per heavy atom. The fourth-order valence-corrected chi connectivity index (χ4v) is 2.15. The van der Waals surface area contributed by atoms with E-state index in [0.29, 0.717) is 17.6 Å². The second-order valence-corrected chi connectivity index (χ2v) is 4.24. The van der Waals surface area contributed by atoms with Crippen molar-refractivity contribution in [1.29, 1.82) is 0 Å². The van der Waals surface area contributed by atoms with E-state index >= 15 is 0 Å². The predicted molar refractivity (Wildman–Crippen MR) is 56.6 cm³/mol. The van der Waals surface area contributed by atoms with Crippen molar-refractivity contribution in [3.63, 3.8) is 0 Å². The molecule has 5 nitrogen and oxygen atoms in total. The fourth-order valence-electron chi connectivity index (χ4n) is 2.15. The Hall–Kier alpha value is -1.62. The van der Waals surface area contributed by atoms with Crippen molar-refractivity contribution < 1.29 is 8.94 Å². The summed E-state index contributed by atoms with van der Waals surface area (Å²) in [4.78, 5) is 4.38. The van der Waals surface area contributed by atoms with Gasteiger partial charge in [0, 0.05) is 12.0 Å². The van der Waals surface area contributed by atoms with E-state index in [1.54, 1.807) is 12.5 Å². The van der Waals surface area contributed by atoms with Crippen LogP contribution in [0.3, 0.4) is 0 Å². The summed E-state index contributed by atoms with van der Waals surface area (Å²) in [6.07, 6.45) is 6.21. The van der Waals surface area contributed by atoms with Crippen LogP contribution in [0.25, 0.3) is 11.4 Å². The molecule has 0 spiro atoms. The monoisotopic (exact) mass is 219 g/mol. The predicted octanol–water partition coefficient (Wildman–Crippen LogP) is 1.92. The van der Waals surface area contributed by atoms with Gasteiger partial charge in [-0.05, 0) is 25.3 Å². The van der Waals surface area contributed by atoms with Gasteiger partial charge in [-0.25, -0.2) is 0 Å². The van der Waals surface area contributed by atoms with E-state index in [0.717, 1.165) is 24.8 Å². The highest BCUT2D eigenvalue weighted by molar-refractivity contribution is 5.51. The average Bonchev–Trinajstić information content (AvgIpc) is 2.97. The lowest BCUT2D eigenvalue weighted by Crippen LogP contribution is -2.14. The minimum absolute atomic E-state index is 0.272. The van der Waals surface area contributed by atoms with Gasteiger partial charge in [-0.15, -0.1) is 0 Å². The van der Waals surface area contributed by atoms with Gasteiger partial charge >= 0.3 is 0 Å². The molecule has 2 N–H and O–H groups in total. The van der Waals surface area contributed by atoms with Gasteiger partial charge in [0.05, 0.1) is 11.8 Å². The van der Waals surface area contributed by atoms with Crippen LogP contribution in [0.5, 0.6) is 0 Å². The number of nitrogens with two attached hydrogens (primary N) is 1. The number of rotatable bonds is 2. The molecular weight excluding hydrogens is 206 g/mol. The van der Waals surface area contributed by atoms with Crippen LogP contribution in [0.1, 0.15) is 31.1 Å². The van der Waals surface area contributed by atoms with Crippen LogP contribution in [0.4, 0.5) is 0 Å². The highest BCUT2D eigenvalue weighted by atomic mass is 16.5. The van der Waals surface area contributed by atoms with E-state index in [4.69, 9.17) is 14.7 Å². The Morgan fingerprint density at radius 1 is 1.38 bits per heavy atom. The molecule has 1 aliphatic rings. The molecule has 0 aromatic carbocycles. The van der Waals surface area contributed by atoms with Crippen LogP contribution >= 0.6 is 0 Å². The first-order valence-corrected chi connectivity index (χ1v) is 5.44. The molecule has 0 saturated heterocycles. The van der Waals surface area contributed by atoms with Crippen molar-refractivity contribution in [3.8, 4) is 11.4 Å². The van der Waals surface area contributed by atoms with Gasteiger partial charge in [-0.3, -0.25) is 0 Å². The quantitative estimate of drug-likeness (QED) is 0.834. The Kier molecular flexibility index (Phi) is 2.25. The maximum absolute atomic E-state index is 5.86. The molecule has 3 rings (SSSR count). The first-order chi connectivity index (χ1) is 7.83. The fraction of sp³-hybridized carbons (Fsp3) is 0.455. The summed E-state index contributed by atoms with van der Waals surface area (Å²) >= 11 is 0. The molecular formula is C11H13N3O2. The molecule has 2 atom stereocenters. The smallest absolute Gasteiger partial charge is 0.230 e. The van der Waals surface area contributed by atoms with Gasteiger partial charge in [-0.1, -0.05) is 5.16 Å². The molecule has 2 aromatic rings. The van der Waals surface area contributed by atoms with Crippen LogP contribution in [0.2, 0.25) is 0 Å². The van der Waals surface area contributed by atoms with Gasteiger partial charge in [0.25, 0.3) is 0 Å². The Labute approximate surface area is 92.6 Å². The van der Waals surface area contributed by atoms with E-state index in [9.17, 15) is 0 Å². The van der Waals surface area contributed by atoms with Gasteiger partial charge in [0.2, 0.25) is 11.7 Å². The van der Waals surface area contributed by atoms with Crippen LogP contribution in [-0.4, -0.2) is 16.2 Å². The van der Waals surface area contributed by atoms with Crippen molar-refractivity contribution in [2.75, 3.05) is 0 Å². The molecule has 1 fully saturated rings. The number of furan rings is 1. The summed E-state index contributed by atoms with van der Waals surface area (Å²) < 4.78 is 10.2. The van der Waals surface area contributed by atoms with E-state index < -0.39 is 0 Å². The standard InChI is InChI=1S/C11H13N3O2/c12-9-2-1-7(5-9)11-13-10(14-16-11)8-3-4-15-6-8/h3-4,6-7,9H,1-2,5,12H2. The molecule has 0 amide bonds. The summed E-state index contributed by atoms with van der Waals surface area (Å²) in [6.45, 7) is 0.